The minimum Gasteiger partial charge on any atom is -0.359 e. The van der Waals surface area contributed by atoms with Gasteiger partial charge >= 0.3 is 0 Å². The normalized spacial score (nSPS) is 20.2. The van der Waals surface area contributed by atoms with Crippen LogP contribution in [0.2, 0.25) is 0 Å². The summed E-state index contributed by atoms with van der Waals surface area (Å²) in [5, 5.41) is 2.96. The van der Waals surface area contributed by atoms with E-state index in [9.17, 15) is 9.59 Å². The van der Waals surface area contributed by atoms with Gasteiger partial charge in [0.15, 0.2) is 0 Å². The molecule has 0 aromatic heterocycles. The molecule has 5 nitrogen and oxygen atoms in total. The molecule has 0 bridgehead atoms. The summed E-state index contributed by atoms with van der Waals surface area (Å²) in [7, 11) is 0. The Bertz CT molecular complexity index is 821. The minimum atomic E-state index is -0.442. The molecule has 2 aromatic carbocycles. The summed E-state index contributed by atoms with van der Waals surface area (Å²) in [6.07, 6.45) is 1.60. The molecule has 0 saturated carbocycles. The number of hydrogen-bond acceptors (Lipinski definition) is 3. The zero-order chi connectivity index (χ0) is 18.1. The maximum atomic E-state index is 12.8. The van der Waals surface area contributed by atoms with Crippen molar-refractivity contribution in [1.82, 2.24) is 5.32 Å². The van der Waals surface area contributed by atoms with E-state index in [1.54, 1.807) is 4.90 Å². The smallest absolute Gasteiger partial charge is 0.249 e. The third-order valence-electron chi connectivity index (χ3n) is 5.36. The van der Waals surface area contributed by atoms with Crippen LogP contribution in [0.15, 0.2) is 54.6 Å². The molecule has 0 radical (unpaired) electrons. The van der Waals surface area contributed by atoms with Gasteiger partial charge in [0.05, 0.1) is 0 Å². The predicted octanol–water partition coefficient (Wildman–Crippen LogP) is 2.36. The maximum absolute atomic E-state index is 12.8. The highest BCUT2D eigenvalue weighted by Crippen LogP contribution is 2.29. The molecular formula is C21H23N3O2. The van der Waals surface area contributed by atoms with Crippen molar-refractivity contribution in [2.75, 3.05) is 22.9 Å². The first-order valence-corrected chi connectivity index (χ1v) is 9.16. The zero-order valence-electron chi connectivity index (χ0n) is 14.9. The van der Waals surface area contributed by atoms with Gasteiger partial charge in [0.1, 0.15) is 12.1 Å². The summed E-state index contributed by atoms with van der Waals surface area (Å²) in [5.74, 6) is -0.117. The number of carbonyl (C=O) groups is 2. The molecule has 0 spiro atoms. The number of anilines is 2. The fraction of sp³-hybridized carbons (Fsp3) is 0.333. The first kappa shape index (κ1) is 16.6. The van der Waals surface area contributed by atoms with E-state index in [1.165, 1.54) is 5.56 Å². The molecule has 2 aliphatic rings. The summed E-state index contributed by atoms with van der Waals surface area (Å²) in [4.78, 5) is 29.3. The number of fused-ring (bicyclic) bond motifs is 1. The van der Waals surface area contributed by atoms with E-state index < -0.39 is 6.04 Å². The molecule has 2 aromatic rings. The van der Waals surface area contributed by atoms with Gasteiger partial charge in [-0.1, -0.05) is 36.4 Å². The second kappa shape index (κ2) is 6.83. The molecule has 1 fully saturated rings. The Morgan fingerprint density at radius 1 is 1.08 bits per heavy atom. The fourth-order valence-corrected chi connectivity index (χ4v) is 3.88. The fourth-order valence-electron chi connectivity index (χ4n) is 3.88. The van der Waals surface area contributed by atoms with Crippen molar-refractivity contribution in [1.29, 1.82) is 0 Å². The van der Waals surface area contributed by atoms with Gasteiger partial charge < -0.3 is 15.1 Å². The first-order chi connectivity index (χ1) is 12.6. The van der Waals surface area contributed by atoms with Crippen molar-refractivity contribution in [2.24, 2.45) is 0 Å². The number of benzene rings is 2. The van der Waals surface area contributed by atoms with Gasteiger partial charge in [-0.05, 0) is 43.5 Å². The quantitative estimate of drug-likeness (QED) is 0.922. The monoisotopic (exact) mass is 349 g/mol. The number of nitrogens with zero attached hydrogens (tertiary/aromatic N) is 2. The summed E-state index contributed by atoms with van der Waals surface area (Å²) in [6.45, 7) is 3.38. The number of carbonyl (C=O) groups excluding carboxylic acids is 2. The molecule has 2 amide bonds. The van der Waals surface area contributed by atoms with Crippen LogP contribution in [-0.4, -0.2) is 37.0 Å². The van der Waals surface area contributed by atoms with Crippen LogP contribution in [0.1, 0.15) is 18.9 Å². The minimum absolute atomic E-state index is 0.0291. The number of para-hydroxylation sites is 2. The molecule has 2 atom stereocenters. The Morgan fingerprint density at radius 2 is 1.81 bits per heavy atom. The van der Waals surface area contributed by atoms with Gasteiger partial charge in [0.25, 0.3) is 0 Å². The van der Waals surface area contributed by atoms with Crippen molar-refractivity contribution in [3.63, 3.8) is 0 Å². The van der Waals surface area contributed by atoms with E-state index in [-0.39, 0.29) is 17.9 Å². The maximum Gasteiger partial charge on any atom is 0.249 e. The van der Waals surface area contributed by atoms with E-state index in [0.29, 0.717) is 13.0 Å². The predicted molar refractivity (Wildman–Crippen MR) is 102 cm³/mol. The first-order valence-electron chi connectivity index (χ1n) is 9.16. The molecule has 0 unspecified atom stereocenters. The molecule has 134 valence electrons. The van der Waals surface area contributed by atoms with Gasteiger partial charge in [-0.25, -0.2) is 0 Å². The third kappa shape index (κ3) is 2.94. The van der Waals surface area contributed by atoms with Crippen LogP contribution < -0.4 is 15.1 Å². The molecule has 5 heteroatoms. The number of rotatable bonds is 4. The Morgan fingerprint density at radius 3 is 2.62 bits per heavy atom. The zero-order valence-corrected chi connectivity index (χ0v) is 14.9. The SMILES string of the molecule is C[C@@H](C(=O)N[C@@H]1CCN(c2ccccc2)C1=O)N1CCc2ccccc21. The third-order valence-corrected chi connectivity index (χ3v) is 5.36. The van der Waals surface area contributed by atoms with Gasteiger partial charge in [-0.15, -0.1) is 0 Å². The number of hydrogen-bond donors (Lipinski definition) is 1. The molecule has 26 heavy (non-hydrogen) atoms. The topological polar surface area (TPSA) is 52.7 Å². The largest absolute Gasteiger partial charge is 0.359 e. The Kier molecular flexibility index (Phi) is 4.37. The number of nitrogens with one attached hydrogen (secondary N) is 1. The standard InChI is InChI=1S/C21H23N3O2/c1-15(23-13-11-16-7-5-6-10-19(16)23)20(25)22-18-12-14-24(21(18)26)17-8-3-2-4-9-17/h2-10,15,18H,11-14H2,1H3,(H,22,25)/t15-,18+/m0/s1. The summed E-state index contributed by atoms with van der Waals surface area (Å²) in [6, 6.07) is 17.1. The molecule has 0 aliphatic carbocycles. The highest BCUT2D eigenvalue weighted by Gasteiger charge is 2.36. The van der Waals surface area contributed by atoms with Crippen LogP contribution in [0, 0.1) is 0 Å². The van der Waals surface area contributed by atoms with Crippen molar-refractivity contribution < 1.29 is 9.59 Å². The van der Waals surface area contributed by atoms with Crippen LogP contribution in [0.4, 0.5) is 11.4 Å². The van der Waals surface area contributed by atoms with Gasteiger partial charge in [0.2, 0.25) is 11.8 Å². The van der Waals surface area contributed by atoms with E-state index in [2.05, 4.69) is 22.3 Å². The molecule has 2 aliphatic heterocycles. The summed E-state index contributed by atoms with van der Waals surface area (Å²) >= 11 is 0. The Hall–Kier alpha value is -2.82. The van der Waals surface area contributed by atoms with E-state index in [4.69, 9.17) is 0 Å². The van der Waals surface area contributed by atoms with Crippen LogP contribution in [0.3, 0.4) is 0 Å². The highest BCUT2D eigenvalue weighted by atomic mass is 16.2. The molecule has 1 saturated heterocycles. The van der Waals surface area contributed by atoms with Crippen LogP contribution in [0.5, 0.6) is 0 Å². The van der Waals surface area contributed by atoms with E-state index in [1.807, 2.05) is 49.4 Å². The molecule has 2 heterocycles. The highest BCUT2D eigenvalue weighted by molar-refractivity contribution is 6.02. The lowest BCUT2D eigenvalue weighted by Crippen LogP contribution is -2.50. The number of amides is 2. The van der Waals surface area contributed by atoms with Crippen molar-refractivity contribution >= 4 is 23.2 Å². The van der Waals surface area contributed by atoms with Crippen LogP contribution in [-0.2, 0) is 16.0 Å². The van der Waals surface area contributed by atoms with E-state index in [0.717, 1.165) is 24.3 Å². The summed E-state index contributed by atoms with van der Waals surface area (Å²) < 4.78 is 0. The second-order valence-electron chi connectivity index (χ2n) is 6.92. The molecular weight excluding hydrogens is 326 g/mol. The second-order valence-corrected chi connectivity index (χ2v) is 6.92. The van der Waals surface area contributed by atoms with Crippen molar-refractivity contribution in [2.45, 2.75) is 31.8 Å². The lowest BCUT2D eigenvalue weighted by molar-refractivity contribution is -0.127. The van der Waals surface area contributed by atoms with Crippen LogP contribution >= 0.6 is 0 Å². The van der Waals surface area contributed by atoms with Crippen molar-refractivity contribution in [3.05, 3.63) is 60.2 Å². The lowest BCUT2D eigenvalue weighted by atomic mass is 10.1. The average Bonchev–Trinajstić information content (AvgIpc) is 3.26. The van der Waals surface area contributed by atoms with Gasteiger partial charge in [0, 0.05) is 24.5 Å². The van der Waals surface area contributed by atoms with Gasteiger partial charge in [-0.3, -0.25) is 9.59 Å². The van der Waals surface area contributed by atoms with E-state index >= 15 is 0 Å². The average molecular weight is 349 g/mol. The molecule has 4 rings (SSSR count). The molecule has 1 N–H and O–H groups in total. The van der Waals surface area contributed by atoms with Crippen LogP contribution in [0.25, 0.3) is 0 Å². The van der Waals surface area contributed by atoms with Crippen molar-refractivity contribution in [3.8, 4) is 0 Å². The van der Waals surface area contributed by atoms with Gasteiger partial charge in [-0.2, -0.15) is 0 Å². The summed E-state index contributed by atoms with van der Waals surface area (Å²) in [5.41, 5.74) is 3.29. The Balaban J connectivity index is 1.42. The Labute approximate surface area is 153 Å². The lowest BCUT2D eigenvalue weighted by Gasteiger charge is -2.27.